The van der Waals surface area contributed by atoms with E-state index in [1.54, 1.807) is 36.4 Å². The van der Waals surface area contributed by atoms with Gasteiger partial charge in [-0.2, -0.15) is 0 Å². The molecule has 1 aromatic heterocycles. The summed E-state index contributed by atoms with van der Waals surface area (Å²) >= 11 is 5.97. The highest BCUT2D eigenvalue weighted by atomic mass is 35.5. The number of Topliss-reactive ketones (excluding diaryl/α,β-unsaturated/α-hetero) is 1. The third-order valence-electron chi connectivity index (χ3n) is 3.38. The van der Waals surface area contributed by atoms with Gasteiger partial charge >= 0.3 is 5.97 Å². The second kappa shape index (κ2) is 6.18. The minimum absolute atomic E-state index is 0.0465. The Morgan fingerprint density at radius 1 is 1.04 bits per heavy atom. The summed E-state index contributed by atoms with van der Waals surface area (Å²) in [5, 5.41) is 0.893. The molecule has 3 aromatic rings. The fraction of sp³-hybridized carbons (Fsp3) is 0.0556. The van der Waals surface area contributed by atoms with Gasteiger partial charge < -0.3 is 4.74 Å². The number of aromatic nitrogens is 1. The Bertz CT molecular complexity index is 904. The Kier molecular flexibility index (Phi) is 4.08. The number of benzene rings is 2. The number of para-hydroxylation sites is 1. The van der Waals surface area contributed by atoms with Crippen molar-refractivity contribution < 1.29 is 14.3 Å². The lowest BCUT2D eigenvalue weighted by Crippen LogP contribution is -2.09. The lowest BCUT2D eigenvalue weighted by molar-refractivity contribution is 0.0736. The molecule has 0 amide bonds. The molecule has 4 nitrogen and oxygen atoms in total. The van der Waals surface area contributed by atoms with Crippen LogP contribution in [0.15, 0.2) is 54.6 Å². The molecular formula is C18H12ClNO3. The maximum absolute atomic E-state index is 12.4. The number of ketones is 1. The zero-order valence-electron chi connectivity index (χ0n) is 12.2. The Labute approximate surface area is 137 Å². The molecule has 1 heterocycles. The maximum atomic E-state index is 12.4. The van der Waals surface area contributed by atoms with Crippen LogP contribution in [0, 0.1) is 0 Å². The number of carbonyl (C=O) groups is 2. The molecule has 0 aliphatic heterocycles. The van der Waals surface area contributed by atoms with E-state index >= 15 is 0 Å². The minimum atomic E-state index is -0.527. The van der Waals surface area contributed by atoms with E-state index in [4.69, 9.17) is 16.3 Å². The Morgan fingerprint density at radius 3 is 2.43 bits per heavy atom. The normalized spacial score (nSPS) is 10.5. The van der Waals surface area contributed by atoms with Gasteiger partial charge in [0.25, 0.3) is 0 Å². The fourth-order valence-corrected chi connectivity index (χ4v) is 2.43. The smallest absolute Gasteiger partial charge is 0.344 e. The van der Waals surface area contributed by atoms with E-state index in [-0.39, 0.29) is 10.9 Å². The number of carbonyl (C=O) groups excluding carboxylic acids is 2. The van der Waals surface area contributed by atoms with E-state index in [0.717, 1.165) is 0 Å². The third kappa shape index (κ3) is 3.22. The van der Waals surface area contributed by atoms with Crippen molar-refractivity contribution >= 4 is 34.3 Å². The molecule has 0 bridgehead atoms. The van der Waals surface area contributed by atoms with Gasteiger partial charge in [0, 0.05) is 10.9 Å². The molecule has 0 aliphatic carbocycles. The number of fused-ring (bicyclic) bond motifs is 1. The molecule has 114 valence electrons. The fourth-order valence-electron chi connectivity index (χ4n) is 2.23. The van der Waals surface area contributed by atoms with Gasteiger partial charge in [-0.3, -0.25) is 4.79 Å². The zero-order valence-corrected chi connectivity index (χ0v) is 13.0. The van der Waals surface area contributed by atoms with Crippen LogP contribution in [-0.2, 0) is 0 Å². The van der Waals surface area contributed by atoms with Crippen molar-refractivity contribution in [2.24, 2.45) is 0 Å². The van der Waals surface area contributed by atoms with Crippen molar-refractivity contribution in [1.82, 2.24) is 4.98 Å². The van der Waals surface area contributed by atoms with Crippen molar-refractivity contribution in [2.75, 3.05) is 0 Å². The molecule has 0 saturated heterocycles. The average molecular weight is 326 g/mol. The average Bonchev–Trinajstić information content (AvgIpc) is 2.54. The zero-order chi connectivity index (χ0) is 16.4. The van der Waals surface area contributed by atoms with Gasteiger partial charge in [-0.15, -0.1) is 0 Å². The maximum Gasteiger partial charge on any atom is 0.344 e. The second-order valence-corrected chi connectivity index (χ2v) is 5.37. The molecule has 0 unspecified atom stereocenters. The molecule has 0 fully saturated rings. The van der Waals surface area contributed by atoms with Crippen molar-refractivity contribution in [3.8, 4) is 5.75 Å². The van der Waals surface area contributed by atoms with E-state index in [9.17, 15) is 9.59 Å². The summed E-state index contributed by atoms with van der Waals surface area (Å²) in [6.45, 7) is 1.48. The molecule has 0 atom stereocenters. The van der Waals surface area contributed by atoms with Crippen LogP contribution in [0.25, 0.3) is 10.9 Å². The van der Waals surface area contributed by atoms with Gasteiger partial charge in [-0.25, -0.2) is 9.78 Å². The predicted molar refractivity (Wildman–Crippen MR) is 88.2 cm³/mol. The summed E-state index contributed by atoms with van der Waals surface area (Å²) in [6.07, 6.45) is 0. The summed E-state index contributed by atoms with van der Waals surface area (Å²) in [7, 11) is 0. The molecule has 0 aliphatic rings. The molecule has 3 rings (SSSR count). The summed E-state index contributed by atoms with van der Waals surface area (Å²) < 4.78 is 5.36. The molecule has 0 N–H and O–H groups in total. The van der Waals surface area contributed by atoms with Crippen LogP contribution in [0.2, 0.25) is 5.15 Å². The highest BCUT2D eigenvalue weighted by Gasteiger charge is 2.15. The van der Waals surface area contributed by atoms with Crippen molar-refractivity contribution in [2.45, 2.75) is 6.92 Å². The highest BCUT2D eigenvalue weighted by molar-refractivity contribution is 6.30. The summed E-state index contributed by atoms with van der Waals surface area (Å²) in [5.74, 6) is -0.215. The molecule has 23 heavy (non-hydrogen) atoms. The number of hydrogen-bond acceptors (Lipinski definition) is 4. The SMILES string of the molecule is CC(=O)c1ccc(OC(=O)c2cc(Cl)nc3ccccc23)cc1. The number of pyridine rings is 1. The third-order valence-corrected chi connectivity index (χ3v) is 3.57. The van der Waals surface area contributed by atoms with Crippen LogP contribution >= 0.6 is 11.6 Å². The second-order valence-electron chi connectivity index (χ2n) is 4.98. The molecule has 0 radical (unpaired) electrons. The first kappa shape index (κ1) is 15.2. The van der Waals surface area contributed by atoms with E-state index in [0.29, 0.717) is 27.8 Å². The first-order valence-corrected chi connectivity index (χ1v) is 7.31. The minimum Gasteiger partial charge on any atom is -0.423 e. The van der Waals surface area contributed by atoms with Crippen LogP contribution in [0.5, 0.6) is 5.75 Å². The lowest BCUT2D eigenvalue weighted by atomic mass is 10.1. The van der Waals surface area contributed by atoms with Crippen molar-refractivity contribution in [3.63, 3.8) is 0 Å². The predicted octanol–water partition coefficient (Wildman–Crippen LogP) is 4.31. The summed E-state index contributed by atoms with van der Waals surface area (Å²) in [6, 6.07) is 15.1. The van der Waals surface area contributed by atoms with Crippen molar-refractivity contribution in [3.05, 3.63) is 70.9 Å². The van der Waals surface area contributed by atoms with Gasteiger partial charge in [0.2, 0.25) is 0 Å². The number of hydrogen-bond donors (Lipinski definition) is 0. The van der Waals surface area contributed by atoms with Gasteiger partial charge in [-0.05, 0) is 43.3 Å². The van der Waals surface area contributed by atoms with Crippen LogP contribution in [0.3, 0.4) is 0 Å². The standard InChI is InChI=1S/C18H12ClNO3/c1-11(21)12-6-8-13(9-7-12)23-18(22)15-10-17(19)20-16-5-3-2-4-14(15)16/h2-10H,1H3. The van der Waals surface area contributed by atoms with Crippen LogP contribution in [0.4, 0.5) is 0 Å². The van der Waals surface area contributed by atoms with Gasteiger partial charge in [0.05, 0.1) is 11.1 Å². The van der Waals surface area contributed by atoms with Crippen LogP contribution < -0.4 is 4.74 Å². The number of nitrogens with zero attached hydrogens (tertiary/aromatic N) is 1. The van der Waals surface area contributed by atoms with Gasteiger partial charge in [0.15, 0.2) is 5.78 Å². The van der Waals surface area contributed by atoms with Gasteiger partial charge in [0.1, 0.15) is 10.9 Å². The lowest BCUT2D eigenvalue weighted by Gasteiger charge is -2.08. The topological polar surface area (TPSA) is 56.3 Å². The monoisotopic (exact) mass is 325 g/mol. The number of rotatable bonds is 3. The van der Waals surface area contributed by atoms with Gasteiger partial charge in [-0.1, -0.05) is 29.8 Å². The molecular weight excluding hydrogens is 314 g/mol. The van der Waals surface area contributed by atoms with Crippen LogP contribution in [-0.4, -0.2) is 16.7 Å². The molecule has 0 saturated carbocycles. The van der Waals surface area contributed by atoms with E-state index in [2.05, 4.69) is 4.98 Å². The molecule has 2 aromatic carbocycles. The van der Waals surface area contributed by atoms with E-state index in [1.165, 1.54) is 13.0 Å². The molecule has 0 spiro atoms. The number of halogens is 1. The first-order chi connectivity index (χ1) is 11.0. The highest BCUT2D eigenvalue weighted by Crippen LogP contribution is 2.23. The van der Waals surface area contributed by atoms with Crippen LogP contribution in [0.1, 0.15) is 27.6 Å². The van der Waals surface area contributed by atoms with Crippen molar-refractivity contribution in [1.29, 1.82) is 0 Å². The Hall–Kier alpha value is -2.72. The number of ether oxygens (including phenoxy) is 1. The number of esters is 1. The Balaban J connectivity index is 1.93. The first-order valence-electron chi connectivity index (χ1n) is 6.93. The Morgan fingerprint density at radius 2 is 1.74 bits per heavy atom. The summed E-state index contributed by atoms with van der Waals surface area (Å²) in [4.78, 5) is 27.9. The van der Waals surface area contributed by atoms with E-state index < -0.39 is 5.97 Å². The van der Waals surface area contributed by atoms with E-state index in [1.807, 2.05) is 12.1 Å². The largest absolute Gasteiger partial charge is 0.423 e. The quantitative estimate of drug-likeness (QED) is 0.311. The molecule has 5 heteroatoms. The summed E-state index contributed by atoms with van der Waals surface area (Å²) in [5.41, 5.74) is 1.53.